The van der Waals surface area contributed by atoms with Gasteiger partial charge in [0.1, 0.15) is 5.60 Å². The Hall–Kier alpha value is -0.550. The zero-order valence-electron chi connectivity index (χ0n) is 15.1. The maximum Gasteiger partial charge on any atom is 0.407 e. The predicted molar refractivity (Wildman–Crippen MR) is 119 cm³/mol. The maximum atomic E-state index is 11.5. The van der Waals surface area contributed by atoms with Crippen molar-refractivity contribution in [1.29, 1.82) is 0 Å². The summed E-state index contributed by atoms with van der Waals surface area (Å²) in [6.07, 6.45) is 0.403. The van der Waals surface area contributed by atoms with Crippen molar-refractivity contribution in [3.8, 4) is 0 Å². The molecule has 25 heavy (non-hydrogen) atoms. The number of aliphatic imine (C=N–C) groups is 1. The highest BCUT2D eigenvalue weighted by atomic mass is 127. The summed E-state index contributed by atoms with van der Waals surface area (Å²) < 4.78 is 6.27. The molecule has 3 N–H and O–H groups in total. The number of nitrogens with zero attached hydrogens (tertiary/aromatic N) is 1. The smallest absolute Gasteiger partial charge is 0.407 e. The Kier molecular flexibility index (Phi) is 12.5. The third kappa shape index (κ3) is 12.4. The van der Waals surface area contributed by atoms with Crippen LogP contribution in [-0.4, -0.2) is 37.3 Å². The Bertz CT molecular complexity index is 546. The third-order valence-corrected chi connectivity index (χ3v) is 4.36. The maximum absolute atomic E-state index is 11.5. The standard InChI is InChI=1S/C16H27BrN4O2S.HI/c1-5-18-14(21-10-13-9-12(17)11-24-13)19-7-6-8-20-15(22)23-16(2,3)4;/h9,11H,5-8,10H2,1-4H3,(H,20,22)(H2,18,19,21);1H. The monoisotopic (exact) mass is 546 g/mol. The summed E-state index contributed by atoms with van der Waals surface area (Å²) in [6.45, 7) is 10.3. The van der Waals surface area contributed by atoms with E-state index in [9.17, 15) is 4.79 Å². The summed E-state index contributed by atoms with van der Waals surface area (Å²) in [5.74, 6) is 0.777. The number of hydrogen-bond acceptors (Lipinski definition) is 4. The molecule has 1 rings (SSSR count). The average Bonchev–Trinajstić information content (AvgIpc) is 2.88. The summed E-state index contributed by atoms with van der Waals surface area (Å²) in [4.78, 5) is 17.3. The van der Waals surface area contributed by atoms with Gasteiger partial charge in [0, 0.05) is 34.4 Å². The van der Waals surface area contributed by atoms with Gasteiger partial charge >= 0.3 is 6.09 Å². The normalized spacial score (nSPS) is 11.5. The fourth-order valence-corrected chi connectivity index (χ4v) is 3.11. The number of alkyl carbamates (subject to hydrolysis) is 1. The van der Waals surface area contributed by atoms with E-state index in [-0.39, 0.29) is 30.1 Å². The second-order valence-corrected chi connectivity index (χ2v) is 8.05. The molecular weight excluding hydrogens is 519 g/mol. The lowest BCUT2D eigenvalue weighted by atomic mass is 10.2. The van der Waals surface area contributed by atoms with E-state index >= 15 is 0 Å². The molecule has 1 amide bonds. The minimum atomic E-state index is -0.468. The van der Waals surface area contributed by atoms with Crippen molar-refractivity contribution in [3.63, 3.8) is 0 Å². The zero-order valence-corrected chi connectivity index (χ0v) is 19.9. The second kappa shape index (κ2) is 12.7. The second-order valence-electron chi connectivity index (χ2n) is 6.14. The van der Waals surface area contributed by atoms with E-state index in [0.717, 1.165) is 29.9 Å². The van der Waals surface area contributed by atoms with Crippen molar-refractivity contribution in [1.82, 2.24) is 16.0 Å². The van der Waals surface area contributed by atoms with Gasteiger partial charge in [0.15, 0.2) is 5.96 Å². The van der Waals surface area contributed by atoms with Crippen LogP contribution in [0.25, 0.3) is 0 Å². The molecule has 0 aromatic carbocycles. The van der Waals surface area contributed by atoms with Crippen LogP contribution in [0.5, 0.6) is 0 Å². The van der Waals surface area contributed by atoms with Crippen molar-refractivity contribution in [2.75, 3.05) is 19.6 Å². The van der Waals surface area contributed by atoms with Crippen molar-refractivity contribution < 1.29 is 9.53 Å². The van der Waals surface area contributed by atoms with Crippen LogP contribution in [0.15, 0.2) is 20.9 Å². The van der Waals surface area contributed by atoms with Gasteiger partial charge in [-0.1, -0.05) is 0 Å². The Balaban J connectivity index is 0.00000576. The van der Waals surface area contributed by atoms with E-state index < -0.39 is 5.60 Å². The van der Waals surface area contributed by atoms with Crippen LogP contribution in [0, 0.1) is 0 Å². The van der Waals surface area contributed by atoms with E-state index in [1.807, 2.05) is 33.1 Å². The summed E-state index contributed by atoms with van der Waals surface area (Å²) in [5, 5.41) is 11.3. The Morgan fingerprint density at radius 3 is 2.52 bits per heavy atom. The largest absolute Gasteiger partial charge is 0.444 e. The van der Waals surface area contributed by atoms with E-state index in [2.05, 4.69) is 42.9 Å². The quantitative estimate of drug-likeness (QED) is 0.208. The molecule has 6 nitrogen and oxygen atoms in total. The first-order chi connectivity index (χ1) is 11.3. The summed E-state index contributed by atoms with van der Waals surface area (Å²) in [5.41, 5.74) is -0.468. The van der Waals surface area contributed by atoms with Crippen LogP contribution >= 0.6 is 51.2 Å². The molecule has 0 aliphatic heterocycles. The van der Waals surface area contributed by atoms with Crippen LogP contribution in [0.1, 0.15) is 39.0 Å². The summed E-state index contributed by atoms with van der Waals surface area (Å²) in [7, 11) is 0. The van der Waals surface area contributed by atoms with E-state index in [1.54, 1.807) is 11.3 Å². The molecule has 0 saturated carbocycles. The number of halogens is 2. The average molecular weight is 547 g/mol. The Labute approximate surface area is 179 Å². The van der Waals surface area contributed by atoms with Crippen LogP contribution in [0.3, 0.4) is 0 Å². The molecule has 0 spiro atoms. The third-order valence-electron chi connectivity index (χ3n) is 2.67. The van der Waals surface area contributed by atoms with Gasteiger partial charge in [0.2, 0.25) is 0 Å². The van der Waals surface area contributed by atoms with Gasteiger partial charge < -0.3 is 20.7 Å². The molecular formula is C16H28BrIN4O2S. The first-order valence-corrected chi connectivity index (χ1v) is 9.69. The molecule has 0 bridgehead atoms. The van der Waals surface area contributed by atoms with Crippen LogP contribution in [-0.2, 0) is 11.3 Å². The molecule has 0 fully saturated rings. The molecule has 9 heteroatoms. The van der Waals surface area contributed by atoms with Gasteiger partial charge in [-0.2, -0.15) is 0 Å². The van der Waals surface area contributed by atoms with Gasteiger partial charge in [0.05, 0.1) is 6.54 Å². The molecule has 1 heterocycles. The zero-order chi connectivity index (χ0) is 18.0. The molecule has 0 saturated heterocycles. The van der Waals surface area contributed by atoms with Crippen LogP contribution in [0.2, 0.25) is 0 Å². The van der Waals surface area contributed by atoms with E-state index in [1.165, 1.54) is 4.88 Å². The van der Waals surface area contributed by atoms with Crippen molar-refractivity contribution in [2.24, 2.45) is 4.99 Å². The number of guanidine groups is 1. The molecule has 0 aliphatic carbocycles. The minimum Gasteiger partial charge on any atom is -0.444 e. The van der Waals surface area contributed by atoms with Gasteiger partial charge in [-0.3, -0.25) is 0 Å². The number of hydrogen-bond donors (Lipinski definition) is 3. The first-order valence-electron chi connectivity index (χ1n) is 8.02. The Morgan fingerprint density at radius 1 is 1.28 bits per heavy atom. The van der Waals surface area contributed by atoms with Crippen molar-refractivity contribution >= 4 is 63.3 Å². The fourth-order valence-electron chi connectivity index (χ4n) is 1.74. The molecule has 144 valence electrons. The van der Waals surface area contributed by atoms with E-state index in [0.29, 0.717) is 13.1 Å². The number of amides is 1. The van der Waals surface area contributed by atoms with Crippen LogP contribution < -0.4 is 16.0 Å². The minimum absolute atomic E-state index is 0. The van der Waals surface area contributed by atoms with Crippen molar-refractivity contribution in [2.45, 2.75) is 46.3 Å². The molecule has 0 aliphatic rings. The number of carbonyl (C=O) groups is 1. The molecule has 1 aromatic heterocycles. The number of thiophene rings is 1. The highest BCUT2D eigenvalue weighted by molar-refractivity contribution is 14.0. The first kappa shape index (κ1) is 24.5. The summed E-state index contributed by atoms with van der Waals surface area (Å²) >= 11 is 5.12. The fraction of sp³-hybridized carbons (Fsp3) is 0.625. The highest BCUT2D eigenvalue weighted by Crippen LogP contribution is 2.20. The van der Waals surface area contributed by atoms with Crippen LogP contribution in [0.4, 0.5) is 4.79 Å². The van der Waals surface area contributed by atoms with Gasteiger partial charge in [0.25, 0.3) is 0 Å². The highest BCUT2D eigenvalue weighted by Gasteiger charge is 2.15. The van der Waals surface area contributed by atoms with E-state index in [4.69, 9.17) is 4.74 Å². The number of rotatable bonds is 7. The topological polar surface area (TPSA) is 74.8 Å². The SMILES string of the molecule is CCNC(=NCc1cc(Br)cs1)NCCCNC(=O)OC(C)(C)C.I. The number of nitrogens with one attached hydrogen (secondary N) is 3. The molecule has 0 radical (unpaired) electrons. The molecule has 0 atom stereocenters. The molecule has 1 aromatic rings. The van der Waals surface area contributed by atoms with Gasteiger partial charge in [-0.15, -0.1) is 35.3 Å². The Morgan fingerprint density at radius 2 is 1.96 bits per heavy atom. The lowest BCUT2D eigenvalue weighted by Crippen LogP contribution is -2.39. The van der Waals surface area contributed by atoms with Gasteiger partial charge in [-0.25, -0.2) is 9.79 Å². The molecule has 0 unspecified atom stereocenters. The lowest BCUT2D eigenvalue weighted by molar-refractivity contribution is 0.0527. The number of ether oxygens (including phenoxy) is 1. The number of carbonyl (C=O) groups excluding carboxylic acids is 1. The van der Waals surface area contributed by atoms with Gasteiger partial charge in [-0.05, 0) is 56.1 Å². The lowest BCUT2D eigenvalue weighted by Gasteiger charge is -2.19. The van der Waals surface area contributed by atoms with Crippen molar-refractivity contribution in [3.05, 3.63) is 20.8 Å². The predicted octanol–water partition coefficient (Wildman–Crippen LogP) is 4.10. The summed E-state index contributed by atoms with van der Waals surface area (Å²) in [6, 6.07) is 2.07.